The van der Waals surface area contributed by atoms with E-state index in [0.29, 0.717) is 11.8 Å². The van der Waals surface area contributed by atoms with Crippen LogP contribution >= 0.6 is 0 Å². The van der Waals surface area contributed by atoms with Crippen molar-refractivity contribution in [2.24, 2.45) is 16.8 Å². The first-order chi connectivity index (χ1) is 5.88. The Kier molecular flexibility index (Phi) is 2.39. The summed E-state index contributed by atoms with van der Waals surface area (Å²) in [5.41, 5.74) is 5.76. The minimum atomic E-state index is 0.289. The second-order valence-corrected chi connectivity index (χ2v) is 3.53. The van der Waals surface area contributed by atoms with E-state index >= 15 is 0 Å². The molecule has 2 rings (SSSR count). The summed E-state index contributed by atoms with van der Waals surface area (Å²) in [4.78, 5) is 9.79. The van der Waals surface area contributed by atoms with Gasteiger partial charge in [-0.1, -0.05) is 6.92 Å². The largest absolute Gasteiger partial charge is 0.297 e. The van der Waals surface area contributed by atoms with Crippen molar-refractivity contribution in [2.75, 3.05) is 13.1 Å². The maximum Gasteiger partial charge on any atom is 0.0927 e. The molecule has 1 fully saturated rings. The molecule has 2 heterocycles. The monoisotopic (exact) mass is 169 g/mol. The molecule has 4 nitrogen and oxygen atoms in total. The highest BCUT2D eigenvalue weighted by molar-refractivity contribution is 5.62. The Morgan fingerprint density at radius 1 is 1.58 bits per heavy atom. The van der Waals surface area contributed by atoms with Crippen LogP contribution in [-0.2, 0) is 4.84 Å². The lowest BCUT2D eigenvalue weighted by atomic mass is 9.88. The summed E-state index contributed by atoms with van der Waals surface area (Å²) in [6.07, 6.45) is 3.42. The molecule has 2 aliphatic heterocycles. The maximum absolute atomic E-state index is 5.47. The fraction of sp³-hybridized carbons (Fsp3) is 0.875. The van der Waals surface area contributed by atoms with Gasteiger partial charge in [-0.25, -0.2) is 5.43 Å². The standard InChI is InChI=1S/C8H15N3O/c1-6-4-9-5-7-2-3-10-11-12-8(6)7/h4,6-8,10-11H,2-3,5H2,1H3. The fourth-order valence-corrected chi connectivity index (χ4v) is 1.86. The zero-order valence-electron chi connectivity index (χ0n) is 7.29. The molecular weight excluding hydrogens is 154 g/mol. The lowest BCUT2D eigenvalue weighted by Gasteiger charge is -2.29. The number of aliphatic imine (C=N–C) groups is 1. The van der Waals surface area contributed by atoms with Gasteiger partial charge < -0.3 is 0 Å². The van der Waals surface area contributed by atoms with Crippen LogP contribution in [0.25, 0.3) is 0 Å². The lowest BCUT2D eigenvalue weighted by Crippen LogP contribution is -2.39. The summed E-state index contributed by atoms with van der Waals surface area (Å²) in [7, 11) is 0. The minimum absolute atomic E-state index is 0.289. The van der Waals surface area contributed by atoms with Crippen molar-refractivity contribution in [3.8, 4) is 0 Å². The molecule has 2 aliphatic rings. The number of hydrazine groups is 1. The number of hydrogen-bond acceptors (Lipinski definition) is 4. The number of fused-ring (bicyclic) bond motifs is 1. The van der Waals surface area contributed by atoms with Gasteiger partial charge in [0.15, 0.2) is 0 Å². The van der Waals surface area contributed by atoms with E-state index in [1.54, 1.807) is 0 Å². The van der Waals surface area contributed by atoms with E-state index < -0.39 is 0 Å². The van der Waals surface area contributed by atoms with Crippen molar-refractivity contribution in [1.82, 2.24) is 11.0 Å². The predicted octanol–water partition coefficient (Wildman–Crippen LogP) is 0.121. The summed E-state index contributed by atoms with van der Waals surface area (Å²) >= 11 is 0. The summed E-state index contributed by atoms with van der Waals surface area (Å²) in [6, 6.07) is 0. The van der Waals surface area contributed by atoms with E-state index in [-0.39, 0.29) is 6.10 Å². The average Bonchev–Trinajstić information content (AvgIpc) is 2.30. The molecule has 0 aromatic heterocycles. The smallest absolute Gasteiger partial charge is 0.0927 e. The van der Waals surface area contributed by atoms with E-state index in [1.165, 1.54) is 0 Å². The maximum atomic E-state index is 5.47. The topological polar surface area (TPSA) is 45.7 Å². The van der Waals surface area contributed by atoms with Crippen molar-refractivity contribution in [3.63, 3.8) is 0 Å². The van der Waals surface area contributed by atoms with Crippen molar-refractivity contribution < 1.29 is 4.84 Å². The van der Waals surface area contributed by atoms with E-state index in [1.807, 2.05) is 6.21 Å². The molecule has 0 spiro atoms. The molecule has 68 valence electrons. The Bertz CT molecular complexity index is 183. The second-order valence-electron chi connectivity index (χ2n) is 3.53. The first-order valence-electron chi connectivity index (χ1n) is 4.51. The van der Waals surface area contributed by atoms with E-state index in [0.717, 1.165) is 19.5 Å². The third-order valence-corrected chi connectivity index (χ3v) is 2.57. The van der Waals surface area contributed by atoms with Gasteiger partial charge in [0, 0.05) is 31.1 Å². The molecule has 12 heavy (non-hydrogen) atoms. The van der Waals surface area contributed by atoms with Gasteiger partial charge in [-0.2, -0.15) is 0 Å². The molecule has 0 amide bonds. The highest BCUT2D eigenvalue weighted by atomic mass is 16.7. The van der Waals surface area contributed by atoms with Crippen LogP contribution in [0.4, 0.5) is 0 Å². The third kappa shape index (κ3) is 1.50. The molecule has 4 heteroatoms. The zero-order chi connectivity index (χ0) is 8.39. The normalized spacial score (nSPS) is 41.9. The predicted molar refractivity (Wildman–Crippen MR) is 46.6 cm³/mol. The number of hydrogen-bond donors (Lipinski definition) is 2. The van der Waals surface area contributed by atoms with Crippen molar-refractivity contribution in [2.45, 2.75) is 19.4 Å². The molecule has 0 saturated carbocycles. The molecule has 0 aromatic carbocycles. The van der Waals surface area contributed by atoms with Gasteiger partial charge in [0.25, 0.3) is 0 Å². The van der Waals surface area contributed by atoms with Crippen LogP contribution in [0.1, 0.15) is 13.3 Å². The molecule has 3 atom stereocenters. The summed E-state index contributed by atoms with van der Waals surface area (Å²) < 4.78 is 0. The third-order valence-electron chi connectivity index (χ3n) is 2.57. The first-order valence-corrected chi connectivity index (χ1v) is 4.51. The summed E-state index contributed by atoms with van der Waals surface area (Å²) in [5, 5.41) is 0. The van der Waals surface area contributed by atoms with Crippen LogP contribution in [-0.4, -0.2) is 25.4 Å². The Hall–Kier alpha value is -0.450. The van der Waals surface area contributed by atoms with Gasteiger partial charge in [-0.3, -0.25) is 9.83 Å². The lowest BCUT2D eigenvalue weighted by molar-refractivity contribution is -0.0720. The molecule has 0 radical (unpaired) electrons. The van der Waals surface area contributed by atoms with Crippen LogP contribution in [0.5, 0.6) is 0 Å². The van der Waals surface area contributed by atoms with Crippen molar-refractivity contribution in [3.05, 3.63) is 0 Å². The molecule has 0 bridgehead atoms. The van der Waals surface area contributed by atoms with Crippen molar-refractivity contribution in [1.29, 1.82) is 0 Å². The van der Waals surface area contributed by atoms with Crippen LogP contribution in [0.3, 0.4) is 0 Å². The minimum Gasteiger partial charge on any atom is -0.297 e. The molecule has 1 saturated heterocycles. The van der Waals surface area contributed by atoms with Crippen LogP contribution in [0.2, 0.25) is 0 Å². The Morgan fingerprint density at radius 3 is 3.42 bits per heavy atom. The highest BCUT2D eigenvalue weighted by Crippen LogP contribution is 2.23. The van der Waals surface area contributed by atoms with Gasteiger partial charge >= 0.3 is 0 Å². The molecular formula is C8H15N3O. The van der Waals surface area contributed by atoms with Crippen LogP contribution < -0.4 is 11.0 Å². The van der Waals surface area contributed by atoms with E-state index in [4.69, 9.17) is 4.84 Å². The van der Waals surface area contributed by atoms with Gasteiger partial charge in [0.2, 0.25) is 0 Å². The molecule has 0 aliphatic carbocycles. The highest BCUT2D eigenvalue weighted by Gasteiger charge is 2.31. The number of nitrogens with zero attached hydrogens (tertiary/aromatic N) is 1. The number of nitrogens with one attached hydrogen (secondary N) is 2. The SMILES string of the molecule is CC1C=NCC2CCNNOC12. The van der Waals surface area contributed by atoms with Gasteiger partial charge in [-0.15, -0.1) is 5.59 Å². The van der Waals surface area contributed by atoms with Gasteiger partial charge in [0.1, 0.15) is 0 Å². The number of rotatable bonds is 0. The molecule has 0 aromatic rings. The summed E-state index contributed by atoms with van der Waals surface area (Å²) in [6.45, 7) is 4.02. The first kappa shape index (κ1) is 8.16. The average molecular weight is 169 g/mol. The van der Waals surface area contributed by atoms with Crippen LogP contribution in [0.15, 0.2) is 4.99 Å². The Morgan fingerprint density at radius 2 is 2.50 bits per heavy atom. The quantitative estimate of drug-likeness (QED) is 0.541. The molecule has 3 unspecified atom stereocenters. The zero-order valence-corrected chi connectivity index (χ0v) is 7.29. The van der Waals surface area contributed by atoms with Gasteiger partial charge in [0.05, 0.1) is 6.10 Å². The fourth-order valence-electron chi connectivity index (χ4n) is 1.86. The molecule has 2 N–H and O–H groups in total. The Balaban J connectivity index is 2.07. The summed E-state index contributed by atoms with van der Waals surface area (Å²) in [5.74, 6) is 1.00. The van der Waals surface area contributed by atoms with Gasteiger partial charge in [-0.05, 0) is 6.42 Å². The Labute approximate surface area is 72.3 Å². The van der Waals surface area contributed by atoms with E-state index in [9.17, 15) is 0 Å². The van der Waals surface area contributed by atoms with E-state index in [2.05, 4.69) is 22.9 Å². The second kappa shape index (κ2) is 3.51. The van der Waals surface area contributed by atoms with Crippen LogP contribution in [0, 0.1) is 11.8 Å². The van der Waals surface area contributed by atoms with Crippen molar-refractivity contribution >= 4 is 6.21 Å².